The summed E-state index contributed by atoms with van der Waals surface area (Å²) in [6.07, 6.45) is 0. The first-order chi connectivity index (χ1) is 8.13. The molecular formula is C14H23NO2. The fourth-order valence-corrected chi connectivity index (χ4v) is 1.50. The third kappa shape index (κ3) is 5.20. The maximum atomic E-state index is 6.04. The van der Waals surface area contributed by atoms with Crippen LogP contribution in [0.3, 0.4) is 0 Å². The second kappa shape index (κ2) is 7.30. The second-order valence-corrected chi connectivity index (χ2v) is 4.54. The first kappa shape index (κ1) is 14.0. The molecule has 0 heterocycles. The Bertz CT molecular complexity index is 309. The molecule has 0 saturated heterocycles. The lowest BCUT2D eigenvalue weighted by Crippen LogP contribution is -2.18. The summed E-state index contributed by atoms with van der Waals surface area (Å²) in [6, 6.07) is 7.81. The standard InChI is InChI=1S/C14H23NO2/c1-4-17-13-7-5-12(6-8-13)14(15)10-16-9-11(2)3/h5-8,11,14H,4,9-10,15H2,1-3H3. The van der Waals surface area contributed by atoms with Gasteiger partial charge < -0.3 is 15.2 Å². The minimum atomic E-state index is -0.0653. The van der Waals surface area contributed by atoms with Crippen molar-refractivity contribution in [2.75, 3.05) is 19.8 Å². The summed E-state index contributed by atoms with van der Waals surface area (Å²) >= 11 is 0. The van der Waals surface area contributed by atoms with Crippen molar-refractivity contribution in [3.8, 4) is 5.75 Å². The molecule has 1 rings (SSSR count). The van der Waals surface area contributed by atoms with Crippen molar-refractivity contribution in [2.24, 2.45) is 11.7 Å². The molecule has 0 saturated carbocycles. The third-order valence-electron chi connectivity index (χ3n) is 2.37. The summed E-state index contributed by atoms with van der Waals surface area (Å²) in [5, 5.41) is 0. The van der Waals surface area contributed by atoms with Gasteiger partial charge in [-0.3, -0.25) is 0 Å². The first-order valence-corrected chi connectivity index (χ1v) is 6.19. The Balaban J connectivity index is 2.43. The lowest BCUT2D eigenvalue weighted by molar-refractivity contribution is 0.0983. The number of hydrogen-bond donors (Lipinski definition) is 1. The Hall–Kier alpha value is -1.06. The van der Waals surface area contributed by atoms with Gasteiger partial charge in [-0.25, -0.2) is 0 Å². The summed E-state index contributed by atoms with van der Waals surface area (Å²) in [5.41, 5.74) is 7.12. The van der Waals surface area contributed by atoms with Crippen LogP contribution < -0.4 is 10.5 Å². The van der Waals surface area contributed by atoms with Crippen molar-refractivity contribution >= 4 is 0 Å². The van der Waals surface area contributed by atoms with E-state index in [2.05, 4.69) is 13.8 Å². The van der Waals surface area contributed by atoms with Crippen LogP contribution in [0.2, 0.25) is 0 Å². The second-order valence-electron chi connectivity index (χ2n) is 4.54. The Kier molecular flexibility index (Phi) is 6.01. The van der Waals surface area contributed by atoms with Crippen LogP contribution in [0.25, 0.3) is 0 Å². The van der Waals surface area contributed by atoms with Gasteiger partial charge in [0.1, 0.15) is 5.75 Å². The molecule has 1 atom stereocenters. The average Bonchev–Trinajstić information content (AvgIpc) is 2.30. The summed E-state index contributed by atoms with van der Waals surface area (Å²) in [5.74, 6) is 1.43. The lowest BCUT2D eigenvalue weighted by Gasteiger charge is -2.14. The van der Waals surface area contributed by atoms with Gasteiger partial charge in [0, 0.05) is 6.61 Å². The molecule has 0 aromatic heterocycles. The highest BCUT2D eigenvalue weighted by Gasteiger charge is 2.06. The molecule has 0 bridgehead atoms. The number of nitrogens with two attached hydrogens (primary N) is 1. The molecule has 0 spiro atoms. The van der Waals surface area contributed by atoms with E-state index in [4.69, 9.17) is 15.2 Å². The Morgan fingerprint density at radius 1 is 1.12 bits per heavy atom. The van der Waals surface area contributed by atoms with Crippen molar-refractivity contribution < 1.29 is 9.47 Å². The van der Waals surface area contributed by atoms with E-state index in [1.165, 1.54) is 0 Å². The van der Waals surface area contributed by atoms with Crippen molar-refractivity contribution in [3.05, 3.63) is 29.8 Å². The largest absolute Gasteiger partial charge is 0.494 e. The minimum absolute atomic E-state index is 0.0653. The summed E-state index contributed by atoms with van der Waals surface area (Å²) < 4.78 is 10.9. The van der Waals surface area contributed by atoms with E-state index in [1.54, 1.807) is 0 Å². The van der Waals surface area contributed by atoms with E-state index in [-0.39, 0.29) is 6.04 Å². The van der Waals surface area contributed by atoms with Gasteiger partial charge in [-0.2, -0.15) is 0 Å². The van der Waals surface area contributed by atoms with Crippen LogP contribution in [0.4, 0.5) is 0 Å². The molecular weight excluding hydrogens is 214 g/mol. The van der Waals surface area contributed by atoms with E-state index >= 15 is 0 Å². The molecule has 1 aromatic carbocycles. The van der Waals surface area contributed by atoms with Crippen LogP contribution in [0.5, 0.6) is 5.75 Å². The van der Waals surface area contributed by atoms with Gasteiger partial charge in [0.25, 0.3) is 0 Å². The molecule has 3 heteroatoms. The van der Waals surface area contributed by atoms with Crippen LogP contribution in [0.1, 0.15) is 32.4 Å². The minimum Gasteiger partial charge on any atom is -0.494 e. The Morgan fingerprint density at radius 2 is 1.76 bits per heavy atom. The molecule has 2 N–H and O–H groups in total. The fourth-order valence-electron chi connectivity index (χ4n) is 1.50. The topological polar surface area (TPSA) is 44.5 Å². The maximum Gasteiger partial charge on any atom is 0.119 e. The van der Waals surface area contributed by atoms with Crippen LogP contribution in [-0.2, 0) is 4.74 Å². The maximum absolute atomic E-state index is 6.04. The molecule has 3 nitrogen and oxygen atoms in total. The van der Waals surface area contributed by atoms with Gasteiger partial charge in [0.15, 0.2) is 0 Å². The molecule has 96 valence electrons. The van der Waals surface area contributed by atoms with Gasteiger partial charge in [-0.1, -0.05) is 26.0 Å². The molecule has 1 unspecified atom stereocenters. The molecule has 0 aliphatic rings. The molecule has 0 aliphatic heterocycles. The highest BCUT2D eigenvalue weighted by Crippen LogP contribution is 2.16. The SMILES string of the molecule is CCOc1ccc(C(N)COCC(C)C)cc1. The molecule has 0 amide bonds. The van der Waals surface area contributed by atoms with Gasteiger partial charge in [0.05, 0.1) is 19.3 Å². The predicted octanol–water partition coefficient (Wildman–Crippen LogP) is 2.76. The molecule has 0 aliphatic carbocycles. The zero-order valence-electron chi connectivity index (χ0n) is 11.0. The zero-order valence-corrected chi connectivity index (χ0v) is 11.0. The normalized spacial score (nSPS) is 12.8. The van der Waals surface area contributed by atoms with Gasteiger partial charge >= 0.3 is 0 Å². The fraction of sp³-hybridized carbons (Fsp3) is 0.571. The predicted molar refractivity (Wildman–Crippen MR) is 70.2 cm³/mol. The third-order valence-corrected chi connectivity index (χ3v) is 2.37. The summed E-state index contributed by atoms with van der Waals surface area (Å²) in [4.78, 5) is 0. The van der Waals surface area contributed by atoms with Crippen LogP contribution in [0, 0.1) is 5.92 Å². The summed E-state index contributed by atoms with van der Waals surface area (Å²) in [6.45, 7) is 8.23. The Labute approximate surface area is 104 Å². The van der Waals surface area contributed by atoms with E-state index in [1.807, 2.05) is 31.2 Å². The smallest absolute Gasteiger partial charge is 0.119 e. The number of hydrogen-bond acceptors (Lipinski definition) is 3. The zero-order chi connectivity index (χ0) is 12.7. The molecule has 1 aromatic rings. The van der Waals surface area contributed by atoms with E-state index < -0.39 is 0 Å². The highest BCUT2D eigenvalue weighted by molar-refractivity contribution is 5.29. The first-order valence-electron chi connectivity index (χ1n) is 6.19. The van der Waals surface area contributed by atoms with Crippen molar-refractivity contribution in [1.29, 1.82) is 0 Å². The number of ether oxygens (including phenoxy) is 2. The average molecular weight is 237 g/mol. The van der Waals surface area contributed by atoms with E-state index in [0.717, 1.165) is 17.9 Å². The van der Waals surface area contributed by atoms with Crippen molar-refractivity contribution in [3.63, 3.8) is 0 Å². The van der Waals surface area contributed by atoms with E-state index in [9.17, 15) is 0 Å². The number of benzene rings is 1. The van der Waals surface area contributed by atoms with Crippen LogP contribution >= 0.6 is 0 Å². The molecule has 0 radical (unpaired) electrons. The van der Waals surface area contributed by atoms with Gasteiger partial charge in [-0.15, -0.1) is 0 Å². The highest BCUT2D eigenvalue weighted by atomic mass is 16.5. The Morgan fingerprint density at radius 3 is 2.29 bits per heavy atom. The van der Waals surface area contributed by atoms with Crippen molar-refractivity contribution in [2.45, 2.75) is 26.8 Å². The van der Waals surface area contributed by atoms with Gasteiger partial charge in [0.2, 0.25) is 0 Å². The summed E-state index contributed by atoms with van der Waals surface area (Å²) in [7, 11) is 0. The quantitative estimate of drug-likeness (QED) is 0.793. The van der Waals surface area contributed by atoms with Crippen LogP contribution in [0.15, 0.2) is 24.3 Å². The van der Waals surface area contributed by atoms with Crippen molar-refractivity contribution in [1.82, 2.24) is 0 Å². The van der Waals surface area contributed by atoms with Crippen LogP contribution in [-0.4, -0.2) is 19.8 Å². The van der Waals surface area contributed by atoms with Gasteiger partial charge in [-0.05, 0) is 30.5 Å². The molecule has 0 fully saturated rings. The van der Waals surface area contributed by atoms with E-state index in [0.29, 0.717) is 19.1 Å². The lowest BCUT2D eigenvalue weighted by atomic mass is 10.1. The number of rotatable bonds is 7. The molecule has 17 heavy (non-hydrogen) atoms. The monoisotopic (exact) mass is 237 g/mol.